The molecule has 1 rings (SSSR count). The van der Waals surface area contributed by atoms with Crippen LogP contribution in [0.15, 0.2) is 12.4 Å². The van der Waals surface area contributed by atoms with Gasteiger partial charge in [-0.05, 0) is 6.92 Å². The molecule has 96 valence electrons. The molecule has 2 N–H and O–H groups in total. The average molecular weight is 259 g/mol. The van der Waals surface area contributed by atoms with Crippen LogP contribution in [0.1, 0.15) is 12.6 Å². The molecule has 17 heavy (non-hydrogen) atoms. The molecule has 0 amide bonds. The largest absolute Gasteiger partial charge is 0.481 e. The van der Waals surface area contributed by atoms with Gasteiger partial charge in [0.2, 0.25) is 5.88 Å². The third kappa shape index (κ3) is 3.94. The van der Waals surface area contributed by atoms with Crippen LogP contribution in [0.3, 0.4) is 0 Å². The first-order valence-corrected chi connectivity index (χ1v) is 7.09. The second-order valence-electron chi connectivity index (χ2n) is 3.95. The van der Waals surface area contributed by atoms with Crippen molar-refractivity contribution < 1.29 is 13.2 Å². The van der Waals surface area contributed by atoms with E-state index in [0.29, 0.717) is 18.0 Å². The van der Waals surface area contributed by atoms with Gasteiger partial charge in [0.1, 0.15) is 6.33 Å². The first kappa shape index (κ1) is 13.9. The van der Waals surface area contributed by atoms with Gasteiger partial charge in [-0.2, -0.15) is 0 Å². The summed E-state index contributed by atoms with van der Waals surface area (Å²) in [4.78, 5) is 7.89. The molecule has 0 aliphatic heterocycles. The van der Waals surface area contributed by atoms with Gasteiger partial charge in [-0.1, -0.05) is 0 Å². The van der Waals surface area contributed by atoms with Gasteiger partial charge >= 0.3 is 0 Å². The molecule has 0 aromatic carbocycles. The summed E-state index contributed by atoms with van der Waals surface area (Å²) in [6.45, 7) is 1.60. The Balaban J connectivity index is 2.77. The van der Waals surface area contributed by atoms with Crippen molar-refractivity contribution in [2.45, 2.75) is 24.6 Å². The summed E-state index contributed by atoms with van der Waals surface area (Å²) >= 11 is 0. The lowest BCUT2D eigenvalue weighted by Crippen LogP contribution is -2.39. The van der Waals surface area contributed by atoms with Crippen LogP contribution in [0.5, 0.6) is 5.88 Å². The highest BCUT2D eigenvalue weighted by Crippen LogP contribution is 2.11. The van der Waals surface area contributed by atoms with Crippen LogP contribution in [0, 0.1) is 0 Å². The summed E-state index contributed by atoms with van der Waals surface area (Å²) in [5.41, 5.74) is 6.51. The van der Waals surface area contributed by atoms with Gasteiger partial charge in [0.15, 0.2) is 9.84 Å². The van der Waals surface area contributed by atoms with E-state index in [1.165, 1.54) is 19.7 Å². The standard InChI is InChI=1S/C10H17N3O3S/c1-7(17(3,14)15)9(11)4-8-5-10(16-2)13-6-12-8/h5-7,9H,4,11H2,1-3H3. The molecule has 6 nitrogen and oxygen atoms in total. The first-order valence-electron chi connectivity index (χ1n) is 5.14. The molecule has 1 heterocycles. The van der Waals surface area contributed by atoms with E-state index in [2.05, 4.69) is 9.97 Å². The summed E-state index contributed by atoms with van der Waals surface area (Å²) in [7, 11) is -1.63. The molecular weight excluding hydrogens is 242 g/mol. The summed E-state index contributed by atoms with van der Waals surface area (Å²) in [6, 6.07) is 1.15. The molecule has 1 aromatic rings. The molecule has 0 radical (unpaired) electrons. The maximum Gasteiger partial charge on any atom is 0.216 e. The summed E-state index contributed by atoms with van der Waals surface area (Å²) in [5.74, 6) is 0.439. The normalized spacial score (nSPS) is 15.3. The summed E-state index contributed by atoms with van der Waals surface area (Å²) in [6.07, 6.45) is 2.91. The van der Waals surface area contributed by atoms with Crippen LogP contribution in [-0.2, 0) is 16.3 Å². The van der Waals surface area contributed by atoms with Crippen LogP contribution in [0.4, 0.5) is 0 Å². The van der Waals surface area contributed by atoms with E-state index in [4.69, 9.17) is 10.5 Å². The Morgan fingerprint density at radius 3 is 2.65 bits per heavy atom. The molecule has 0 aliphatic carbocycles. The molecule has 0 aliphatic rings. The van der Waals surface area contributed by atoms with Crippen molar-refractivity contribution in [1.82, 2.24) is 9.97 Å². The SMILES string of the molecule is COc1cc(CC(N)C(C)S(C)(=O)=O)ncn1. The lowest BCUT2D eigenvalue weighted by Gasteiger charge is -2.17. The Labute approximate surface area is 101 Å². The van der Waals surface area contributed by atoms with Crippen LogP contribution < -0.4 is 10.5 Å². The van der Waals surface area contributed by atoms with Crippen LogP contribution in [0.25, 0.3) is 0 Å². The lowest BCUT2D eigenvalue weighted by atomic mass is 10.1. The van der Waals surface area contributed by atoms with Crippen molar-refractivity contribution in [2.75, 3.05) is 13.4 Å². The second-order valence-corrected chi connectivity index (χ2v) is 6.36. The van der Waals surface area contributed by atoms with E-state index in [0.717, 1.165) is 0 Å². The summed E-state index contributed by atoms with van der Waals surface area (Å²) < 4.78 is 27.7. The van der Waals surface area contributed by atoms with Gasteiger partial charge in [-0.15, -0.1) is 0 Å². The molecule has 2 unspecified atom stereocenters. The number of hydrogen-bond donors (Lipinski definition) is 1. The molecule has 7 heteroatoms. The summed E-state index contributed by atoms with van der Waals surface area (Å²) in [5, 5.41) is -0.608. The second kappa shape index (κ2) is 5.42. The minimum Gasteiger partial charge on any atom is -0.481 e. The van der Waals surface area contributed by atoms with Crippen molar-refractivity contribution in [3.63, 3.8) is 0 Å². The van der Waals surface area contributed by atoms with Crippen molar-refractivity contribution in [3.8, 4) is 5.88 Å². The molecule has 0 saturated heterocycles. The highest BCUT2D eigenvalue weighted by Gasteiger charge is 2.23. The Kier molecular flexibility index (Phi) is 4.41. The fourth-order valence-corrected chi connectivity index (χ4v) is 2.06. The van der Waals surface area contributed by atoms with Gasteiger partial charge < -0.3 is 10.5 Å². The number of ether oxygens (including phenoxy) is 1. The highest BCUT2D eigenvalue weighted by atomic mass is 32.2. The van der Waals surface area contributed by atoms with Crippen molar-refractivity contribution in [2.24, 2.45) is 5.73 Å². The molecule has 0 spiro atoms. The maximum absolute atomic E-state index is 11.3. The van der Waals surface area contributed by atoms with Crippen molar-refractivity contribution >= 4 is 9.84 Å². The van der Waals surface area contributed by atoms with Gasteiger partial charge in [-0.3, -0.25) is 0 Å². The predicted molar refractivity (Wildman–Crippen MR) is 64.6 cm³/mol. The zero-order valence-electron chi connectivity index (χ0n) is 10.1. The average Bonchev–Trinajstić information content (AvgIpc) is 2.27. The van der Waals surface area contributed by atoms with Gasteiger partial charge in [0, 0.05) is 30.5 Å². The van der Waals surface area contributed by atoms with E-state index in [1.54, 1.807) is 13.0 Å². The maximum atomic E-state index is 11.3. The van der Waals surface area contributed by atoms with E-state index in [1.807, 2.05) is 0 Å². The molecule has 0 fully saturated rings. The van der Waals surface area contributed by atoms with E-state index < -0.39 is 21.1 Å². The Morgan fingerprint density at radius 2 is 2.12 bits per heavy atom. The fourth-order valence-electron chi connectivity index (χ4n) is 1.33. The van der Waals surface area contributed by atoms with Crippen molar-refractivity contribution in [3.05, 3.63) is 18.1 Å². The quantitative estimate of drug-likeness (QED) is 0.786. The number of nitrogens with zero attached hydrogens (tertiary/aromatic N) is 2. The molecule has 0 saturated carbocycles. The Morgan fingerprint density at radius 1 is 1.47 bits per heavy atom. The van der Waals surface area contributed by atoms with Crippen LogP contribution in [0.2, 0.25) is 0 Å². The van der Waals surface area contributed by atoms with Crippen LogP contribution in [-0.4, -0.2) is 43.0 Å². The van der Waals surface area contributed by atoms with Gasteiger partial charge in [0.25, 0.3) is 0 Å². The number of aromatic nitrogens is 2. The highest BCUT2D eigenvalue weighted by molar-refractivity contribution is 7.91. The predicted octanol–water partition coefficient (Wildman–Crippen LogP) is -0.212. The van der Waals surface area contributed by atoms with Gasteiger partial charge in [0.05, 0.1) is 12.4 Å². The number of nitrogens with two attached hydrogens (primary N) is 1. The minimum atomic E-state index is -3.14. The number of sulfone groups is 1. The monoisotopic (exact) mass is 259 g/mol. The van der Waals surface area contributed by atoms with E-state index in [9.17, 15) is 8.42 Å². The van der Waals surface area contributed by atoms with E-state index >= 15 is 0 Å². The number of methoxy groups -OCH3 is 1. The molecule has 2 atom stereocenters. The zero-order valence-corrected chi connectivity index (χ0v) is 10.9. The fraction of sp³-hybridized carbons (Fsp3) is 0.600. The topological polar surface area (TPSA) is 95.2 Å². The van der Waals surface area contributed by atoms with E-state index in [-0.39, 0.29) is 0 Å². The zero-order chi connectivity index (χ0) is 13.1. The third-order valence-corrected chi connectivity index (χ3v) is 4.33. The molecule has 1 aromatic heterocycles. The number of hydrogen-bond acceptors (Lipinski definition) is 6. The molecular formula is C10H17N3O3S. The Hall–Kier alpha value is -1.21. The van der Waals surface area contributed by atoms with Crippen LogP contribution >= 0.6 is 0 Å². The molecule has 0 bridgehead atoms. The number of rotatable bonds is 5. The first-order chi connectivity index (χ1) is 7.84. The Bertz CT molecular complexity index is 475. The smallest absolute Gasteiger partial charge is 0.216 e. The lowest BCUT2D eigenvalue weighted by molar-refractivity contribution is 0.395. The minimum absolute atomic E-state index is 0.368. The van der Waals surface area contributed by atoms with Crippen molar-refractivity contribution in [1.29, 1.82) is 0 Å². The van der Waals surface area contributed by atoms with Gasteiger partial charge in [-0.25, -0.2) is 18.4 Å². The third-order valence-electron chi connectivity index (χ3n) is 2.63.